The number of benzene rings is 1. The Morgan fingerprint density at radius 1 is 0.879 bits per heavy atom. The maximum atomic E-state index is 11.1. The predicted octanol–water partition coefficient (Wildman–Crippen LogP) is 5.86. The van der Waals surface area contributed by atoms with Gasteiger partial charge in [-0.1, -0.05) is 57.0 Å². The molecule has 4 heteroatoms. The van der Waals surface area contributed by atoms with E-state index >= 15 is 0 Å². The Balaban J connectivity index is 1.48. The molecule has 9 atom stereocenters. The fourth-order valence-electron chi connectivity index (χ4n) is 9.23. The molecule has 0 spiro atoms. The smallest absolute Gasteiger partial charge is 0.163 e. The van der Waals surface area contributed by atoms with Crippen molar-refractivity contribution in [3.05, 3.63) is 35.9 Å². The number of aliphatic hydroxyl groups is 1. The van der Waals surface area contributed by atoms with Crippen LogP contribution < -0.4 is 0 Å². The van der Waals surface area contributed by atoms with Crippen LogP contribution in [-0.2, 0) is 20.8 Å². The van der Waals surface area contributed by atoms with Crippen molar-refractivity contribution in [2.75, 3.05) is 0 Å². The van der Waals surface area contributed by atoms with Crippen LogP contribution in [0, 0.1) is 28.6 Å². The fourth-order valence-corrected chi connectivity index (χ4v) is 9.23. The highest BCUT2D eigenvalue weighted by molar-refractivity contribution is 5.23. The maximum absolute atomic E-state index is 11.1. The van der Waals surface area contributed by atoms with Gasteiger partial charge >= 0.3 is 0 Å². The van der Waals surface area contributed by atoms with E-state index in [1.165, 1.54) is 31.2 Å². The Morgan fingerprint density at radius 2 is 1.64 bits per heavy atom. The van der Waals surface area contributed by atoms with E-state index < -0.39 is 5.79 Å². The van der Waals surface area contributed by atoms with E-state index in [1.54, 1.807) is 0 Å². The SMILES string of the molecule is CC1(C)OC2C(O1)C1CCCC[C@]1(C)C1(OCc3ccccc3)CC[C@]3(C)C(O)CCC3C21. The Labute approximate surface area is 199 Å². The van der Waals surface area contributed by atoms with E-state index in [0.717, 1.165) is 25.7 Å². The molecule has 1 N–H and O–H groups in total. The normalized spacial score (nSPS) is 50.2. The third-order valence-electron chi connectivity index (χ3n) is 10.9. The zero-order valence-corrected chi connectivity index (χ0v) is 20.9. The van der Waals surface area contributed by atoms with Gasteiger partial charge in [0.2, 0.25) is 0 Å². The van der Waals surface area contributed by atoms with E-state index in [2.05, 4.69) is 58.0 Å². The standard InChI is InChI=1S/C29H42O4/c1-26(2)32-24-21-12-8-9-15-28(21,4)29(31-18-19-10-6-5-7-11-19)17-16-27(3)20(13-14-22(27)30)23(29)25(24)33-26/h5-7,10-11,20-25,30H,8-9,12-18H2,1-4H3/t20?,21?,22?,23?,24?,25?,27-,28-,29?/m0/s1. The van der Waals surface area contributed by atoms with Crippen LogP contribution in [0.4, 0.5) is 0 Å². The summed E-state index contributed by atoms with van der Waals surface area (Å²) < 4.78 is 20.8. The van der Waals surface area contributed by atoms with Crippen LogP contribution in [0.15, 0.2) is 30.3 Å². The quantitative estimate of drug-likeness (QED) is 0.621. The van der Waals surface area contributed by atoms with Gasteiger partial charge in [-0.3, -0.25) is 0 Å². The monoisotopic (exact) mass is 454 g/mol. The van der Waals surface area contributed by atoms with Crippen LogP contribution >= 0.6 is 0 Å². The van der Waals surface area contributed by atoms with Gasteiger partial charge in [0.25, 0.3) is 0 Å². The van der Waals surface area contributed by atoms with Gasteiger partial charge in [0, 0.05) is 11.3 Å². The summed E-state index contributed by atoms with van der Waals surface area (Å²) in [5, 5.41) is 11.1. The van der Waals surface area contributed by atoms with Crippen LogP contribution in [0.25, 0.3) is 0 Å². The van der Waals surface area contributed by atoms with Crippen molar-refractivity contribution < 1.29 is 19.3 Å². The van der Waals surface area contributed by atoms with Crippen molar-refractivity contribution >= 4 is 0 Å². The first kappa shape index (κ1) is 22.5. The van der Waals surface area contributed by atoms with Crippen LogP contribution in [0.2, 0.25) is 0 Å². The van der Waals surface area contributed by atoms with Gasteiger partial charge in [0.05, 0.1) is 30.5 Å². The maximum Gasteiger partial charge on any atom is 0.163 e. The molecule has 4 nitrogen and oxygen atoms in total. The molecule has 1 aromatic carbocycles. The second-order valence-corrected chi connectivity index (χ2v) is 12.7. The molecule has 4 aliphatic carbocycles. The Bertz CT molecular complexity index is 885. The van der Waals surface area contributed by atoms with Crippen molar-refractivity contribution in [1.29, 1.82) is 0 Å². The Morgan fingerprint density at radius 3 is 2.42 bits per heavy atom. The third kappa shape index (κ3) is 3.09. The second-order valence-electron chi connectivity index (χ2n) is 12.7. The number of hydrogen-bond donors (Lipinski definition) is 1. The van der Waals surface area contributed by atoms with Crippen LogP contribution in [0.3, 0.4) is 0 Å². The zero-order valence-electron chi connectivity index (χ0n) is 20.9. The summed E-state index contributed by atoms with van der Waals surface area (Å²) in [4.78, 5) is 0. The number of hydrogen-bond acceptors (Lipinski definition) is 4. The minimum Gasteiger partial charge on any atom is -0.393 e. The number of rotatable bonds is 3. The van der Waals surface area contributed by atoms with E-state index in [1.807, 2.05) is 0 Å². The van der Waals surface area contributed by atoms with Gasteiger partial charge in [-0.25, -0.2) is 0 Å². The molecule has 1 heterocycles. The predicted molar refractivity (Wildman–Crippen MR) is 127 cm³/mol. The van der Waals surface area contributed by atoms with Gasteiger partial charge in [0.15, 0.2) is 5.79 Å². The lowest BCUT2D eigenvalue weighted by Crippen LogP contribution is -2.73. The van der Waals surface area contributed by atoms with Crippen LogP contribution in [0.1, 0.15) is 84.6 Å². The second kappa shape index (κ2) is 7.53. The van der Waals surface area contributed by atoms with Crippen molar-refractivity contribution in [1.82, 2.24) is 0 Å². The van der Waals surface area contributed by atoms with E-state index in [-0.39, 0.29) is 40.7 Å². The van der Waals surface area contributed by atoms with Crippen molar-refractivity contribution in [3.8, 4) is 0 Å². The van der Waals surface area contributed by atoms with Crippen molar-refractivity contribution in [2.45, 2.75) is 115 Å². The minimum atomic E-state index is -0.561. The first-order chi connectivity index (χ1) is 15.7. The minimum absolute atomic E-state index is 0.0434. The molecule has 0 radical (unpaired) electrons. The molecule has 0 bridgehead atoms. The van der Waals surface area contributed by atoms with Gasteiger partial charge in [0.1, 0.15) is 0 Å². The summed E-state index contributed by atoms with van der Waals surface area (Å²) in [5.74, 6) is 0.555. The molecule has 7 unspecified atom stereocenters. The summed E-state index contributed by atoms with van der Waals surface area (Å²) in [5.41, 5.74) is 1.01. The Hall–Kier alpha value is -0.940. The molecule has 4 saturated carbocycles. The molecule has 182 valence electrons. The van der Waals surface area contributed by atoms with Crippen molar-refractivity contribution in [3.63, 3.8) is 0 Å². The lowest BCUT2D eigenvalue weighted by molar-refractivity contribution is -0.298. The largest absolute Gasteiger partial charge is 0.393 e. The lowest BCUT2D eigenvalue weighted by atomic mass is 9.41. The first-order valence-corrected chi connectivity index (χ1v) is 13.4. The van der Waals surface area contributed by atoms with Crippen LogP contribution in [0.5, 0.6) is 0 Å². The number of aliphatic hydroxyl groups excluding tert-OH is 1. The lowest BCUT2D eigenvalue weighted by Gasteiger charge is -2.68. The highest BCUT2D eigenvalue weighted by Crippen LogP contribution is 2.71. The zero-order chi connectivity index (χ0) is 23.1. The fraction of sp³-hybridized carbons (Fsp3) is 0.793. The third-order valence-corrected chi connectivity index (χ3v) is 10.9. The molecule has 1 aliphatic heterocycles. The van der Waals surface area contributed by atoms with Gasteiger partial charge < -0.3 is 19.3 Å². The summed E-state index contributed by atoms with van der Waals surface area (Å²) >= 11 is 0. The molecule has 1 saturated heterocycles. The van der Waals surface area contributed by atoms with Gasteiger partial charge in [-0.15, -0.1) is 0 Å². The average Bonchev–Trinajstić information content (AvgIpc) is 3.28. The van der Waals surface area contributed by atoms with Gasteiger partial charge in [-0.05, 0) is 75.2 Å². The molecular formula is C29H42O4. The van der Waals surface area contributed by atoms with E-state index in [0.29, 0.717) is 18.4 Å². The summed E-state index contributed by atoms with van der Waals surface area (Å²) in [6.07, 6.45) is 8.89. The molecule has 5 fully saturated rings. The Kier molecular flexibility index (Phi) is 5.14. The average molecular weight is 455 g/mol. The molecular weight excluding hydrogens is 412 g/mol. The molecule has 33 heavy (non-hydrogen) atoms. The number of fused-ring (bicyclic) bond motifs is 8. The summed E-state index contributed by atoms with van der Waals surface area (Å²) in [7, 11) is 0. The van der Waals surface area contributed by atoms with Crippen molar-refractivity contribution in [2.24, 2.45) is 28.6 Å². The van der Waals surface area contributed by atoms with Gasteiger partial charge in [-0.2, -0.15) is 0 Å². The highest BCUT2D eigenvalue weighted by atomic mass is 16.8. The molecule has 0 amide bonds. The summed E-state index contributed by atoms with van der Waals surface area (Å²) in [6, 6.07) is 10.7. The van der Waals surface area contributed by atoms with Crippen LogP contribution in [-0.4, -0.2) is 34.8 Å². The van der Waals surface area contributed by atoms with E-state index in [4.69, 9.17) is 14.2 Å². The molecule has 6 rings (SSSR count). The molecule has 5 aliphatic rings. The van der Waals surface area contributed by atoms with E-state index in [9.17, 15) is 5.11 Å². The molecule has 1 aromatic rings. The number of ether oxygens (including phenoxy) is 3. The first-order valence-electron chi connectivity index (χ1n) is 13.4. The molecule has 0 aromatic heterocycles. The highest BCUT2D eigenvalue weighted by Gasteiger charge is 2.74. The summed E-state index contributed by atoms with van der Waals surface area (Å²) in [6.45, 7) is 9.68. The topological polar surface area (TPSA) is 47.9 Å².